The van der Waals surface area contributed by atoms with E-state index in [0.717, 1.165) is 19.3 Å². The van der Waals surface area contributed by atoms with E-state index in [2.05, 4.69) is 17.6 Å². The summed E-state index contributed by atoms with van der Waals surface area (Å²) < 4.78 is 11.4. The maximum absolute atomic E-state index is 12.7. The topological polar surface area (TPSA) is 76.7 Å². The summed E-state index contributed by atoms with van der Waals surface area (Å²) in [5.41, 5.74) is -0.300. The van der Waals surface area contributed by atoms with Gasteiger partial charge in [-0.05, 0) is 36.8 Å². The number of hydrogen-bond acceptors (Lipinski definition) is 4. The van der Waals surface area contributed by atoms with Gasteiger partial charge in [-0.1, -0.05) is 19.1 Å². The minimum atomic E-state index is -0.693. The van der Waals surface area contributed by atoms with Crippen molar-refractivity contribution in [1.29, 1.82) is 0 Å². The average molecular weight is 358 g/mol. The Morgan fingerprint density at radius 3 is 3.00 bits per heavy atom. The maximum atomic E-state index is 12.7. The molecule has 0 aromatic heterocycles. The number of hydrogen-bond donors (Lipinski definition) is 2. The van der Waals surface area contributed by atoms with Crippen molar-refractivity contribution in [3.63, 3.8) is 0 Å². The highest BCUT2D eigenvalue weighted by Gasteiger charge is 2.61. The summed E-state index contributed by atoms with van der Waals surface area (Å²) in [4.78, 5) is 25.4. The van der Waals surface area contributed by atoms with Gasteiger partial charge < -0.3 is 20.1 Å². The molecule has 0 unspecified atom stereocenters. The van der Waals surface area contributed by atoms with Gasteiger partial charge in [0.15, 0.2) is 5.72 Å². The van der Waals surface area contributed by atoms with Crippen LogP contribution in [0.1, 0.15) is 43.0 Å². The van der Waals surface area contributed by atoms with Crippen LogP contribution in [0.25, 0.3) is 0 Å². The zero-order valence-corrected chi connectivity index (χ0v) is 15.3. The molecule has 3 fully saturated rings. The van der Waals surface area contributed by atoms with Gasteiger partial charge in [-0.3, -0.25) is 9.59 Å². The molecular weight excluding hydrogens is 332 g/mol. The van der Waals surface area contributed by atoms with Crippen molar-refractivity contribution in [2.45, 2.75) is 38.3 Å². The number of methoxy groups -OCH3 is 1. The van der Waals surface area contributed by atoms with Gasteiger partial charge in [0.1, 0.15) is 5.75 Å². The largest absolute Gasteiger partial charge is 0.467 e. The minimum absolute atomic E-state index is 0.0543. The lowest BCUT2D eigenvalue weighted by atomic mass is 9.52. The van der Waals surface area contributed by atoms with Gasteiger partial charge in [-0.15, -0.1) is 0 Å². The Hall–Kier alpha value is -2.08. The molecule has 1 spiro atoms. The Bertz CT molecular complexity index is 736. The fourth-order valence-electron chi connectivity index (χ4n) is 5.06. The second-order valence-electron chi connectivity index (χ2n) is 8.08. The van der Waals surface area contributed by atoms with E-state index in [-0.39, 0.29) is 29.1 Å². The molecule has 4 atom stereocenters. The van der Waals surface area contributed by atoms with Crippen LogP contribution in [-0.2, 0) is 9.53 Å². The number of carbonyl (C=O) groups is 2. The van der Waals surface area contributed by atoms with Crippen molar-refractivity contribution in [1.82, 2.24) is 10.6 Å². The molecule has 2 amide bonds. The highest BCUT2D eigenvalue weighted by Crippen LogP contribution is 2.58. The lowest BCUT2D eigenvalue weighted by Gasteiger charge is -2.59. The second kappa shape index (κ2) is 6.27. The van der Waals surface area contributed by atoms with Gasteiger partial charge in [-0.25, -0.2) is 0 Å². The molecule has 2 N–H and O–H groups in total. The molecule has 1 aliphatic heterocycles. The molecule has 4 aliphatic rings. The molecule has 2 bridgehead atoms. The predicted octanol–water partition coefficient (Wildman–Crippen LogP) is 2.09. The Labute approximate surface area is 153 Å². The SMILES string of the molecule is COCCNC(=O)[C@H]1C[C@@H]2CC[C@@]1(C)C[C@@]21NC(=O)c2ccccc2O1. The third-order valence-corrected chi connectivity index (χ3v) is 6.42. The first-order valence-electron chi connectivity index (χ1n) is 9.35. The van der Waals surface area contributed by atoms with Crippen LogP contribution in [0.2, 0.25) is 0 Å². The van der Waals surface area contributed by atoms with E-state index in [1.54, 1.807) is 13.2 Å². The molecule has 140 valence electrons. The van der Waals surface area contributed by atoms with E-state index in [1.165, 1.54) is 0 Å². The van der Waals surface area contributed by atoms with Crippen LogP contribution < -0.4 is 15.4 Å². The lowest BCUT2D eigenvalue weighted by Crippen LogP contribution is -2.69. The van der Waals surface area contributed by atoms with E-state index < -0.39 is 5.72 Å². The third-order valence-electron chi connectivity index (χ3n) is 6.42. The zero-order valence-electron chi connectivity index (χ0n) is 15.3. The van der Waals surface area contributed by atoms with Crippen LogP contribution in [0.3, 0.4) is 0 Å². The molecule has 5 rings (SSSR count). The molecule has 26 heavy (non-hydrogen) atoms. The molecule has 1 aromatic carbocycles. The van der Waals surface area contributed by atoms with Crippen LogP contribution in [0, 0.1) is 17.3 Å². The summed E-state index contributed by atoms with van der Waals surface area (Å²) in [7, 11) is 1.63. The number of carbonyl (C=O) groups excluding carboxylic acids is 2. The van der Waals surface area contributed by atoms with Crippen LogP contribution in [0.5, 0.6) is 5.75 Å². The Kier molecular flexibility index (Phi) is 4.18. The zero-order chi connectivity index (χ0) is 18.4. The molecule has 6 nitrogen and oxygen atoms in total. The van der Waals surface area contributed by atoms with E-state index in [0.29, 0.717) is 30.9 Å². The van der Waals surface area contributed by atoms with Gasteiger partial charge in [0, 0.05) is 31.9 Å². The van der Waals surface area contributed by atoms with Gasteiger partial charge in [0.05, 0.1) is 12.2 Å². The van der Waals surface area contributed by atoms with Crippen molar-refractivity contribution in [3.8, 4) is 5.75 Å². The highest BCUT2D eigenvalue weighted by molar-refractivity contribution is 5.98. The molecule has 6 heteroatoms. The summed E-state index contributed by atoms with van der Waals surface area (Å²) in [6.45, 7) is 3.19. The number of ether oxygens (including phenoxy) is 2. The number of fused-ring (bicyclic) bond motifs is 3. The number of nitrogens with one attached hydrogen (secondary N) is 2. The number of amides is 2. The maximum Gasteiger partial charge on any atom is 0.258 e. The Morgan fingerprint density at radius 2 is 2.23 bits per heavy atom. The number of para-hydroxylation sites is 1. The fraction of sp³-hybridized carbons (Fsp3) is 0.600. The molecule has 3 aliphatic carbocycles. The monoisotopic (exact) mass is 358 g/mol. The van der Waals surface area contributed by atoms with Crippen molar-refractivity contribution in [2.75, 3.05) is 20.3 Å². The smallest absolute Gasteiger partial charge is 0.258 e. The number of rotatable bonds is 4. The summed E-state index contributed by atoms with van der Waals surface area (Å²) >= 11 is 0. The van der Waals surface area contributed by atoms with Crippen LogP contribution in [0.15, 0.2) is 24.3 Å². The number of benzene rings is 1. The van der Waals surface area contributed by atoms with E-state index in [1.807, 2.05) is 18.2 Å². The second-order valence-corrected chi connectivity index (χ2v) is 8.08. The minimum Gasteiger partial charge on any atom is -0.467 e. The van der Waals surface area contributed by atoms with E-state index >= 15 is 0 Å². The summed E-state index contributed by atoms with van der Waals surface area (Å²) in [5, 5.41) is 6.13. The standard InChI is InChI=1S/C20H26N2O4/c1-19-8-7-13(11-15(19)18(24)21-9-10-25-2)20(12-19)22-17(23)14-5-3-4-6-16(14)26-20/h3-6,13,15H,7-12H2,1-2H3,(H,21,24)(H,22,23)/t13-,15+,19-,20-/m0/s1. The van der Waals surface area contributed by atoms with Crippen molar-refractivity contribution in [2.24, 2.45) is 17.3 Å². The summed E-state index contributed by atoms with van der Waals surface area (Å²) in [6, 6.07) is 7.37. The van der Waals surface area contributed by atoms with Crippen molar-refractivity contribution < 1.29 is 19.1 Å². The molecule has 0 radical (unpaired) electrons. The highest BCUT2D eigenvalue weighted by atomic mass is 16.5. The molecule has 3 saturated carbocycles. The van der Waals surface area contributed by atoms with E-state index in [9.17, 15) is 9.59 Å². The van der Waals surface area contributed by atoms with Gasteiger partial charge in [-0.2, -0.15) is 0 Å². The summed E-state index contributed by atoms with van der Waals surface area (Å²) in [6.07, 6.45) is 3.33. The average Bonchev–Trinajstić information content (AvgIpc) is 2.61. The summed E-state index contributed by atoms with van der Waals surface area (Å²) in [5.74, 6) is 0.741. The first-order chi connectivity index (χ1) is 12.5. The molecule has 0 saturated heterocycles. The normalized spacial score (nSPS) is 34.8. The van der Waals surface area contributed by atoms with Crippen molar-refractivity contribution >= 4 is 11.8 Å². The quantitative estimate of drug-likeness (QED) is 0.808. The van der Waals surface area contributed by atoms with Crippen LogP contribution in [-0.4, -0.2) is 37.8 Å². The lowest BCUT2D eigenvalue weighted by molar-refractivity contribution is -0.167. The first kappa shape index (κ1) is 17.3. The first-order valence-corrected chi connectivity index (χ1v) is 9.35. The van der Waals surface area contributed by atoms with Crippen molar-refractivity contribution in [3.05, 3.63) is 29.8 Å². The van der Waals surface area contributed by atoms with Crippen LogP contribution >= 0.6 is 0 Å². The van der Waals surface area contributed by atoms with Gasteiger partial charge in [0.2, 0.25) is 5.91 Å². The Balaban J connectivity index is 1.57. The third kappa shape index (κ3) is 2.67. The fourth-order valence-corrected chi connectivity index (χ4v) is 5.06. The molecular formula is C20H26N2O4. The predicted molar refractivity (Wildman–Crippen MR) is 95.7 cm³/mol. The van der Waals surface area contributed by atoms with Gasteiger partial charge >= 0.3 is 0 Å². The van der Waals surface area contributed by atoms with Gasteiger partial charge in [0.25, 0.3) is 5.91 Å². The molecule has 1 aromatic rings. The van der Waals surface area contributed by atoms with E-state index in [4.69, 9.17) is 9.47 Å². The molecule has 1 heterocycles. The Morgan fingerprint density at radius 1 is 1.42 bits per heavy atom. The van der Waals surface area contributed by atoms with Crippen LogP contribution in [0.4, 0.5) is 0 Å².